The molecule has 2 atom stereocenters. The van der Waals surface area contributed by atoms with Crippen LogP contribution in [0, 0.1) is 6.92 Å². The Morgan fingerprint density at radius 2 is 1.96 bits per heavy atom. The molecule has 0 fully saturated rings. The second-order valence-electron chi connectivity index (χ2n) is 6.33. The van der Waals surface area contributed by atoms with Crippen molar-refractivity contribution < 1.29 is 0 Å². The zero-order valence-corrected chi connectivity index (χ0v) is 16.9. The largest absolute Gasteiger partial charge is 0.365 e. The molecule has 4 rings (SSSR count). The summed E-state index contributed by atoms with van der Waals surface area (Å²) in [6.45, 7) is 2.07. The number of fused-ring (bicyclic) bond motifs is 1. The number of halogens is 2. The number of aryl methyl sites for hydroxylation is 1. The van der Waals surface area contributed by atoms with Gasteiger partial charge in [-0.25, -0.2) is 0 Å². The van der Waals surface area contributed by atoms with Crippen molar-refractivity contribution in [2.45, 2.75) is 17.9 Å². The van der Waals surface area contributed by atoms with E-state index in [2.05, 4.69) is 51.7 Å². The lowest BCUT2D eigenvalue weighted by molar-refractivity contribution is 0.657. The van der Waals surface area contributed by atoms with Gasteiger partial charge < -0.3 is 10.6 Å². The molecule has 0 bridgehead atoms. The van der Waals surface area contributed by atoms with Crippen LogP contribution in [-0.2, 0) is 0 Å². The molecule has 7 heteroatoms. The molecular weight excluding hydrogens is 399 g/mol. The fourth-order valence-corrected chi connectivity index (χ4v) is 4.03. The summed E-state index contributed by atoms with van der Waals surface area (Å²) in [4.78, 5) is 0. The Bertz CT molecular complexity index is 937. The molecule has 2 aromatic rings. The second kappa shape index (κ2) is 7.89. The number of nitrogens with one attached hydrogen (secondary N) is 3. The highest BCUT2D eigenvalue weighted by Gasteiger charge is 2.19. The van der Waals surface area contributed by atoms with Crippen molar-refractivity contribution in [3.63, 3.8) is 0 Å². The van der Waals surface area contributed by atoms with Crippen LogP contribution in [0.4, 0.5) is 5.69 Å². The van der Waals surface area contributed by atoms with Gasteiger partial charge in [-0.1, -0.05) is 58.7 Å². The van der Waals surface area contributed by atoms with E-state index in [4.69, 9.17) is 23.2 Å². The molecule has 0 saturated carbocycles. The minimum atomic E-state index is -0.308. The van der Waals surface area contributed by atoms with Crippen molar-refractivity contribution in [3.8, 4) is 0 Å². The molecule has 0 spiro atoms. The first-order valence-corrected chi connectivity index (χ1v) is 10.2. The normalized spacial score (nSPS) is 21.1. The Kier molecular flexibility index (Phi) is 5.34. The number of thioether (sulfide) groups is 1. The number of anilines is 1. The summed E-state index contributed by atoms with van der Waals surface area (Å²) in [7, 11) is 0. The molecular formula is C20H18Cl2N4S. The van der Waals surface area contributed by atoms with Gasteiger partial charge in [-0.05, 0) is 53.8 Å². The highest BCUT2D eigenvalue weighted by molar-refractivity contribution is 8.03. The number of rotatable bonds is 4. The molecule has 0 unspecified atom stereocenters. The van der Waals surface area contributed by atoms with E-state index in [0.29, 0.717) is 0 Å². The predicted octanol–water partition coefficient (Wildman–Crippen LogP) is 5.22. The van der Waals surface area contributed by atoms with Crippen LogP contribution in [0.15, 0.2) is 58.5 Å². The third kappa shape index (κ3) is 4.26. The first kappa shape index (κ1) is 18.3. The Morgan fingerprint density at radius 3 is 2.78 bits per heavy atom. The smallest absolute Gasteiger partial charge is 0.165 e. The molecule has 0 saturated heterocycles. The van der Waals surface area contributed by atoms with Gasteiger partial charge in [0.25, 0.3) is 0 Å². The minimum absolute atomic E-state index is 0.0348. The molecule has 2 aliphatic heterocycles. The number of alkyl halides is 1. The number of hydrogen-bond acceptors (Lipinski definition) is 5. The molecule has 2 aromatic carbocycles. The van der Waals surface area contributed by atoms with Crippen LogP contribution in [0.2, 0.25) is 5.02 Å². The third-order valence-electron chi connectivity index (χ3n) is 4.27. The van der Waals surface area contributed by atoms with E-state index in [1.807, 2.05) is 30.3 Å². The van der Waals surface area contributed by atoms with Crippen LogP contribution in [0.25, 0.3) is 11.8 Å². The second-order valence-corrected chi connectivity index (χ2v) is 8.18. The average Bonchev–Trinajstić information content (AvgIpc) is 3.12. The summed E-state index contributed by atoms with van der Waals surface area (Å²) in [5.74, 6) is 0. The third-order valence-corrected chi connectivity index (χ3v) is 5.75. The summed E-state index contributed by atoms with van der Waals surface area (Å²) in [6.07, 6.45) is 3.83. The maximum absolute atomic E-state index is 6.42. The molecule has 2 heterocycles. The SMILES string of the molecule is Cc1ccc2c(c1)C=C(/C=N\N[C@@H]1NC(c3ccc(Cl)cc3)=CS1)[C@H](Cl)N2. The van der Waals surface area contributed by atoms with Gasteiger partial charge in [0.15, 0.2) is 5.50 Å². The lowest BCUT2D eigenvalue weighted by Gasteiger charge is -2.22. The summed E-state index contributed by atoms with van der Waals surface area (Å²) in [5, 5.41) is 13.8. The fourth-order valence-electron chi connectivity index (χ4n) is 2.88. The van der Waals surface area contributed by atoms with Crippen LogP contribution in [0.3, 0.4) is 0 Å². The van der Waals surface area contributed by atoms with E-state index in [1.165, 1.54) is 5.56 Å². The van der Waals surface area contributed by atoms with Crippen LogP contribution < -0.4 is 16.1 Å². The zero-order valence-electron chi connectivity index (χ0n) is 14.5. The molecule has 27 heavy (non-hydrogen) atoms. The Hall–Kier alpha value is -2.08. The summed E-state index contributed by atoms with van der Waals surface area (Å²) < 4.78 is 0. The zero-order chi connectivity index (χ0) is 18.8. The van der Waals surface area contributed by atoms with Crippen molar-refractivity contribution in [1.82, 2.24) is 10.7 Å². The number of nitrogens with zero attached hydrogens (tertiary/aromatic N) is 1. The van der Waals surface area contributed by atoms with Gasteiger partial charge in [0, 0.05) is 16.3 Å². The lowest BCUT2D eigenvalue weighted by atomic mass is 10.0. The molecule has 4 nitrogen and oxygen atoms in total. The number of hydrazone groups is 1. The van der Waals surface area contributed by atoms with E-state index in [-0.39, 0.29) is 11.0 Å². The summed E-state index contributed by atoms with van der Waals surface area (Å²) in [5.41, 5.74) is 9.18. The number of benzene rings is 2. The minimum Gasteiger partial charge on any atom is -0.365 e. The van der Waals surface area contributed by atoms with Crippen LogP contribution >= 0.6 is 35.0 Å². The first-order chi connectivity index (χ1) is 13.1. The predicted molar refractivity (Wildman–Crippen MR) is 118 cm³/mol. The average molecular weight is 417 g/mol. The summed E-state index contributed by atoms with van der Waals surface area (Å²) in [6, 6.07) is 14.0. The Morgan fingerprint density at radius 1 is 1.15 bits per heavy atom. The van der Waals surface area contributed by atoms with Crippen molar-refractivity contribution in [1.29, 1.82) is 0 Å². The maximum atomic E-state index is 6.42. The van der Waals surface area contributed by atoms with Gasteiger partial charge in [-0.2, -0.15) is 5.10 Å². The van der Waals surface area contributed by atoms with Crippen molar-refractivity contribution >= 4 is 58.6 Å². The van der Waals surface area contributed by atoms with E-state index >= 15 is 0 Å². The number of hydrogen-bond donors (Lipinski definition) is 3. The molecule has 0 aliphatic carbocycles. The summed E-state index contributed by atoms with van der Waals surface area (Å²) >= 11 is 14.0. The Balaban J connectivity index is 1.38. The van der Waals surface area contributed by atoms with E-state index < -0.39 is 0 Å². The molecule has 0 amide bonds. The van der Waals surface area contributed by atoms with Crippen LogP contribution in [0.1, 0.15) is 16.7 Å². The van der Waals surface area contributed by atoms with Gasteiger partial charge in [-0.15, -0.1) is 0 Å². The van der Waals surface area contributed by atoms with Gasteiger partial charge in [0.1, 0.15) is 5.50 Å². The molecule has 2 aliphatic rings. The van der Waals surface area contributed by atoms with Crippen LogP contribution in [0.5, 0.6) is 0 Å². The topological polar surface area (TPSA) is 48.5 Å². The van der Waals surface area contributed by atoms with Crippen LogP contribution in [-0.4, -0.2) is 17.2 Å². The molecule has 0 radical (unpaired) electrons. The van der Waals surface area contributed by atoms with Crippen molar-refractivity contribution in [2.24, 2.45) is 5.10 Å². The molecule has 3 N–H and O–H groups in total. The highest BCUT2D eigenvalue weighted by Crippen LogP contribution is 2.29. The Labute approximate surface area is 172 Å². The van der Waals surface area contributed by atoms with Crippen molar-refractivity contribution in [2.75, 3.05) is 5.32 Å². The first-order valence-electron chi connectivity index (χ1n) is 8.48. The monoisotopic (exact) mass is 416 g/mol. The van der Waals surface area contributed by atoms with Crippen molar-refractivity contribution in [3.05, 3.63) is 75.2 Å². The molecule has 138 valence electrons. The maximum Gasteiger partial charge on any atom is 0.165 e. The molecule has 0 aromatic heterocycles. The standard InChI is InChI=1S/C20H18Cl2N4S/c1-12-2-7-17-14(8-12)9-15(19(22)24-17)10-23-26-20-25-18(11-27-20)13-3-5-16(21)6-4-13/h2-11,19-20,24-26H,1H3/b23-10-/t19-,20+/m1/s1. The quantitative estimate of drug-likeness (QED) is 0.277. The van der Waals surface area contributed by atoms with E-state index in [1.54, 1.807) is 18.0 Å². The lowest BCUT2D eigenvalue weighted by Crippen LogP contribution is -2.32. The van der Waals surface area contributed by atoms with Gasteiger partial charge in [0.2, 0.25) is 0 Å². The fraction of sp³-hybridized carbons (Fsp3) is 0.150. The van der Waals surface area contributed by atoms with Gasteiger partial charge >= 0.3 is 0 Å². The highest BCUT2D eigenvalue weighted by atomic mass is 35.5. The van der Waals surface area contributed by atoms with E-state index in [0.717, 1.165) is 33.1 Å². The van der Waals surface area contributed by atoms with Gasteiger partial charge in [-0.3, -0.25) is 5.43 Å². The van der Waals surface area contributed by atoms with Gasteiger partial charge in [0.05, 0.1) is 11.9 Å². The van der Waals surface area contributed by atoms with E-state index in [9.17, 15) is 0 Å².